The molecule has 0 bridgehead atoms. The van der Waals surface area contributed by atoms with Crippen LogP contribution in [0.4, 0.5) is 10.1 Å². The molecule has 3 aromatic rings. The summed E-state index contributed by atoms with van der Waals surface area (Å²) < 4.78 is 13.8. The minimum atomic E-state index is -0.247. The number of halogens is 2. The first kappa shape index (κ1) is 14.0. The first-order valence-electron chi connectivity index (χ1n) is 6.70. The van der Waals surface area contributed by atoms with Crippen molar-refractivity contribution in [1.29, 1.82) is 0 Å². The van der Waals surface area contributed by atoms with Crippen molar-refractivity contribution in [2.24, 2.45) is 0 Å². The molecular formula is C17H14BrFN2. The number of rotatable bonds is 3. The Morgan fingerprint density at radius 1 is 1.14 bits per heavy atom. The predicted molar refractivity (Wildman–Crippen MR) is 87.9 cm³/mol. The second kappa shape index (κ2) is 5.82. The minimum Gasteiger partial charge on any atom is -0.379 e. The first-order valence-corrected chi connectivity index (χ1v) is 7.49. The second-order valence-electron chi connectivity index (χ2n) is 4.95. The third-order valence-electron chi connectivity index (χ3n) is 3.43. The van der Waals surface area contributed by atoms with Crippen molar-refractivity contribution in [3.63, 3.8) is 0 Å². The first-order chi connectivity index (χ1) is 10.1. The van der Waals surface area contributed by atoms with Crippen LogP contribution in [0.1, 0.15) is 18.5 Å². The number of anilines is 1. The van der Waals surface area contributed by atoms with Crippen LogP contribution in [0.3, 0.4) is 0 Å². The molecule has 1 unspecified atom stereocenters. The number of hydrogen-bond donors (Lipinski definition) is 1. The monoisotopic (exact) mass is 344 g/mol. The molecule has 1 aromatic heterocycles. The highest BCUT2D eigenvalue weighted by Gasteiger charge is 2.08. The van der Waals surface area contributed by atoms with Crippen molar-refractivity contribution < 1.29 is 4.39 Å². The van der Waals surface area contributed by atoms with Crippen LogP contribution in [0.25, 0.3) is 10.9 Å². The highest BCUT2D eigenvalue weighted by atomic mass is 79.9. The van der Waals surface area contributed by atoms with Gasteiger partial charge in [-0.25, -0.2) is 4.39 Å². The maximum atomic E-state index is 13.3. The van der Waals surface area contributed by atoms with Crippen molar-refractivity contribution in [2.75, 3.05) is 5.32 Å². The molecule has 0 aliphatic rings. The van der Waals surface area contributed by atoms with E-state index in [1.807, 2.05) is 31.2 Å². The Morgan fingerprint density at radius 2 is 2.00 bits per heavy atom. The zero-order valence-corrected chi connectivity index (χ0v) is 13.1. The molecule has 0 aliphatic heterocycles. The Hall–Kier alpha value is -1.94. The average Bonchev–Trinajstić information content (AvgIpc) is 2.50. The summed E-state index contributed by atoms with van der Waals surface area (Å²) in [7, 11) is 0. The van der Waals surface area contributed by atoms with Crippen molar-refractivity contribution in [3.8, 4) is 0 Å². The van der Waals surface area contributed by atoms with E-state index in [0.717, 1.165) is 22.2 Å². The summed E-state index contributed by atoms with van der Waals surface area (Å²) in [6.45, 7) is 2.05. The van der Waals surface area contributed by atoms with E-state index in [2.05, 4.69) is 32.3 Å². The topological polar surface area (TPSA) is 24.9 Å². The SMILES string of the molecule is CC(Nc1ccc2ncccc2c1)c1ccc(F)c(Br)c1. The summed E-state index contributed by atoms with van der Waals surface area (Å²) in [5.74, 6) is -0.247. The molecule has 0 amide bonds. The fourth-order valence-electron chi connectivity index (χ4n) is 2.28. The van der Waals surface area contributed by atoms with Crippen molar-refractivity contribution in [1.82, 2.24) is 4.98 Å². The van der Waals surface area contributed by atoms with E-state index in [4.69, 9.17) is 0 Å². The largest absolute Gasteiger partial charge is 0.379 e. The number of fused-ring (bicyclic) bond motifs is 1. The number of benzene rings is 2. The van der Waals surface area contributed by atoms with Crippen LogP contribution in [0, 0.1) is 5.82 Å². The third-order valence-corrected chi connectivity index (χ3v) is 4.04. The molecular weight excluding hydrogens is 331 g/mol. The van der Waals surface area contributed by atoms with E-state index >= 15 is 0 Å². The minimum absolute atomic E-state index is 0.0796. The molecule has 3 rings (SSSR count). The molecule has 0 fully saturated rings. The van der Waals surface area contributed by atoms with Gasteiger partial charge in [0, 0.05) is 23.3 Å². The molecule has 0 saturated carbocycles. The Balaban J connectivity index is 1.85. The van der Waals surface area contributed by atoms with Gasteiger partial charge < -0.3 is 5.32 Å². The average molecular weight is 345 g/mol. The Labute approximate surface area is 131 Å². The van der Waals surface area contributed by atoms with Gasteiger partial charge in [-0.05, 0) is 64.8 Å². The number of pyridine rings is 1. The Morgan fingerprint density at radius 3 is 2.81 bits per heavy atom. The van der Waals surface area contributed by atoms with E-state index in [9.17, 15) is 4.39 Å². The number of aromatic nitrogens is 1. The van der Waals surface area contributed by atoms with Gasteiger partial charge in [-0.3, -0.25) is 4.98 Å². The van der Waals surface area contributed by atoms with E-state index in [0.29, 0.717) is 4.47 Å². The molecule has 0 aliphatic carbocycles. The lowest BCUT2D eigenvalue weighted by Gasteiger charge is -2.16. The maximum absolute atomic E-state index is 13.3. The van der Waals surface area contributed by atoms with Gasteiger partial charge in [0.2, 0.25) is 0 Å². The molecule has 1 heterocycles. The van der Waals surface area contributed by atoms with Crippen LogP contribution >= 0.6 is 15.9 Å². The van der Waals surface area contributed by atoms with Crippen molar-refractivity contribution in [2.45, 2.75) is 13.0 Å². The van der Waals surface area contributed by atoms with E-state index in [1.165, 1.54) is 6.07 Å². The second-order valence-corrected chi connectivity index (χ2v) is 5.80. The highest BCUT2D eigenvalue weighted by molar-refractivity contribution is 9.10. The van der Waals surface area contributed by atoms with Gasteiger partial charge in [-0.2, -0.15) is 0 Å². The summed E-state index contributed by atoms with van der Waals surface area (Å²) in [4.78, 5) is 4.31. The molecule has 106 valence electrons. The van der Waals surface area contributed by atoms with Crippen LogP contribution in [-0.2, 0) is 0 Å². The summed E-state index contributed by atoms with van der Waals surface area (Å²) in [5, 5.41) is 4.52. The smallest absolute Gasteiger partial charge is 0.137 e. The normalized spacial score (nSPS) is 12.3. The van der Waals surface area contributed by atoms with Crippen LogP contribution in [0.2, 0.25) is 0 Å². The summed E-state index contributed by atoms with van der Waals surface area (Å²) >= 11 is 3.22. The van der Waals surface area contributed by atoms with E-state index < -0.39 is 0 Å². The third kappa shape index (κ3) is 3.05. The van der Waals surface area contributed by atoms with Gasteiger partial charge in [-0.1, -0.05) is 12.1 Å². The lowest BCUT2D eigenvalue weighted by molar-refractivity contribution is 0.619. The van der Waals surface area contributed by atoms with Crippen LogP contribution in [-0.4, -0.2) is 4.98 Å². The molecule has 4 heteroatoms. The fraction of sp³-hybridized carbons (Fsp3) is 0.118. The Kier molecular flexibility index (Phi) is 3.88. The fourth-order valence-corrected chi connectivity index (χ4v) is 2.68. The summed E-state index contributed by atoms with van der Waals surface area (Å²) in [6.07, 6.45) is 1.79. The number of nitrogens with zero attached hydrogens (tertiary/aromatic N) is 1. The molecule has 2 nitrogen and oxygen atoms in total. The lowest BCUT2D eigenvalue weighted by Crippen LogP contribution is -2.06. The van der Waals surface area contributed by atoms with Crippen LogP contribution < -0.4 is 5.32 Å². The van der Waals surface area contributed by atoms with Crippen LogP contribution in [0.15, 0.2) is 59.2 Å². The standard InChI is InChI=1S/C17H14BrFN2/c1-11(12-4-6-16(19)15(18)10-12)21-14-5-7-17-13(9-14)3-2-8-20-17/h2-11,21H,1H3. The van der Waals surface area contributed by atoms with Gasteiger partial charge in [0.05, 0.1) is 9.99 Å². The summed E-state index contributed by atoms with van der Waals surface area (Å²) in [5.41, 5.74) is 3.01. The quantitative estimate of drug-likeness (QED) is 0.696. The predicted octanol–water partition coefficient (Wildman–Crippen LogP) is 5.31. The van der Waals surface area contributed by atoms with Gasteiger partial charge in [0.1, 0.15) is 5.82 Å². The zero-order valence-electron chi connectivity index (χ0n) is 11.5. The molecule has 0 spiro atoms. The van der Waals surface area contributed by atoms with E-state index in [1.54, 1.807) is 18.3 Å². The van der Waals surface area contributed by atoms with Gasteiger partial charge in [0.15, 0.2) is 0 Å². The highest BCUT2D eigenvalue weighted by Crippen LogP contribution is 2.25. The lowest BCUT2D eigenvalue weighted by atomic mass is 10.1. The summed E-state index contributed by atoms with van der Waals surface area (Å²) in [6, 6.07) is 15.2. The van der Waals surface area contributed by atoms with Gasteiger partial charge in [-0.15, -0.1) is 0 Å². The molecule has 0 radical (unpaired) electrons. The van der Waals surface area contributed by atoms with Crippen molar-refractivity contribution in [3.05, 3.63) is 70.6 Å². The number of nitrogens with one attached hydrogen (secondary N) is 1. The van der Waals surface area contributed by atoms with Crippen molar-refractivity contribution >= 4 is 32.5 Å². The number of hydrogen-bond acceptors (Lipinski definition) is 2. The van der Waals surface area contributed by atoms with E-state index in [-0.39, 0.29) is 11.9 Å². The Bertz CT molecular complexity index is 789. The maximum Gasteiger partial charge on any atom is 0.137 e. The molecule has 1 atom stereocenters. The molecule has 21 heavy (non-hydrogen) atoms. The van der Waals surface area contributed by atoms with Gasteiger partial charge >= 0.3 is 0 Å². The zero-order chi connectivity index (χ0) is 14.8. The molecule has 0 saturated heterocycles. The van der Waals surface area contributed by atoms with Crippen LogP contribution in [0.5, 0.6) is 0 Å². The molecule has 1 N–H and O–H groups in total. The molecule has 2 aromatic carbocycles. The van der Waals surface area contributed by atoms with Gasteiger partial charge in [0.25, 0.3) is 0 Å².